The minimum atomic E-state index is -5.08. The number of carbonyl (C=O) groups is 3. The van der Waals surface area contributed by atoms with Gasteiger partial charge in [-0.2, -0.15) is 13.2 Å². The SMILES string of the molecule is Cc1cc(CC(=O)NCCON=C(N)N)c(NC(=O)OCc2ccccc2)c(=O)[nH]1.O=C(O)C(F)(F)F. The normalized spacial score (nSPS) is 10.3. The third-order valence-electron chi connectivity index (χ3n) is 3.97. The van der Waals surface area contributed by atoms with Crippen molar-refractivity contribution in [3.05, 3.63) is 63.6 Å². The van der Waals surface area contributed by atoms with Crippen LogP contribution >= 0.6 is 0 Å². The zero-order valence-electron chi connectivity index (χ0n) is 19.4. The number of carboxylic acids is 1. The molecule has 13 nitrogen and oxygen atoms in total. The summed E-state index contributed by atoms with van der Waals surface area (Å²) in [5, 5.41) is 15.5. The molecule has 0 saturated heterocycles. The molecular formula is C21H25F3N6O7. The summed E-state index contributed by atoms with van der Waals surface area (Å²) in [5.41, 5.74) is 11.3. The van der Waals surface area contributed by atoms with Gasteiger partial charge < -0.3 is 36.4 Å². The Morgan fingerprint density at radius 2 is 1.78 bits per heavy atom. The fraction of sp³-hybridized carbons (Fsp3) is 0.286. The number of aromatic amines is 1. The van der Waals surface area contributed by atoms with E-state index >= 15 is 0 Å². The molecule has 0 bridgehead atoms. The van der Waals surface area contributed by atoms with E-state index in [0.29, 0.717) is 11.3 Å². The second kappa shape index (κ2) is 14.6. The van der Waals surface area contributed by atoms with E-state index in [1.165, 1.54) is 0 Å². The lowest BCUT2D eigenvalue weighted by atomic mass is 10.1. The molecule has 0 spiro atoms. The van der Waals surface area contributed by atoms with E-state index in [9.17, 15) is 27.6 Å². The number of carboxylic acid groups (broad SMARTS) is 1. The standard InChI is InChI=1S/C19H24N6O5.C2HF3O2/c1-12-9-14(10-15(26)22-7-8-30-25-18(20)21)16(17(27)23-12)24-19(28)29-11-13-5-3-2-4-6-13;3-2(4,5)1(6)7/h2-6,9H,7-8,10-11H2,1H3,(H,22,26)(H,23,27)(H,24,28)(H4,20,21,25);(H,6,7). The number of aryl methyl sites for hydroxylation is 1. The van der Waals surface area contributed by atoms with Crippen LogP contribution in [0.4, 0.5) is 23.7 Å². The highest BCUT2D eigenvalue weighted by Crippen LogP contribution is 2.14. The van der Waals surface area contributed by atoms with E-state index in [1.807, 2.05) is 18.2 Å². The van der Waals surface area contributed by atoms with Gasteiger partial charge in [-0.15, -0.1) is 0 Å². The topological polar surface area (TPSA) is 211 Å². The molecule has 0 aliphatic carbocycles. The highest BCUT2D eigenvalue weighted by atomic mass is 19.4. The van der Waals surface area contributed by atoms with E-state index in [-0.39, 0.29) is 43.7 Å². The van der Waals surface area contributed by atoms with E-state index in [1.54, 1.807) is 25.1 Å². The van der Waals surface area contributed by atoms with Gasteiger partial charge in [-0.1, -0.05) is 30.3 Å². The highest BCUT2D eigenvalue weighted by Gasteiger charge is 2.38. The van der Waals surface area contributed by atoms with Crippen LogP contribution in [0.3, 0.4) is 0 Å². The zero-order chi connectivity index (χ0) is 28.0. The molecule has 1 heterocycles. The van der Waals surface area contributed by atoms with Gasteiger partial charge in [0.05, 0.1) is 13.0 Å². The number of halogens is 3. The average molecular weight is 530 g/mol. The molecule has 202 valence electrons. The van der Waals surface area contributed by atoms with Crippen molar-refractivity contribution in [1.82, 2.24) is 10.3 Å². The van der Waals surface area contributed by atoms with Crippen molar-refractivity contribution in [2.75, 3.05) is 18.5 Å². The number of amides is 2. The van der Waals surface area contributed by atoms with Crippen LogP contribution in [0.2, 0.25) is 0 Å². The van der Waals surface area contributed by atoms with Crippen LogP contribution in [0.15, 0.2) is 46.3 Å². The Balaban J connectivity index is 0.000000856. The third kappa shape index (κ3) is 12.5. The number of alkyl halides is 3. The molecule has 0 saturated carbocycles. The van der Waals surface area contributed by atoms with Gasteiger partial charge in [0.1, 0.15) is 18.9 Å². The van der Waals surface area contributed by atoms with E-state index in [0.717, 1.165) is 5.56 Å². The third-order valence-corrected chi connectivity index (χ3v) is 3.97. The molecule has 0 unspecified atom stereocenters. The zero-order valence-corrected chi connectivity index (χ0v) is 19.4. The molecule has 2 rings (SSSR count). The van der Waals surface area contributed by atoms with Crippen LogP contribution in [0, 0.1) is 6.92 Å². The number of nitrogens with zero attached hydrogens (tertiary/aromatic N) is 1. The molecule has 0 fully saturated rings. The Kier molecular flexibility index (Phi) is 11.9. The van der Waals surface area contributed by atoms with Crippen molar-refractivity contribution in [2.24, 2.45) is 16.6 Å². The largest absolute Gasteiger partial charge is 0.490 e. The molecule has 0 atom stereocenters. The Hall–Kier alpha value is -4.76. The number of carbonyl (C=O) groups excluding carboxylic acids is 2. The number of ether oxygens (including phenoxy) is 1. The average Bonchev–Trinajstić information content (AvgIpc) is 2.80. The van der Waals surface area contributed by atoms with Gasteiger partial charge in [0.15, 0.2) is 0 Å². The first kappa shape index (κ1) is 30.3. The predicted octanol–water partition coefficient (Wildman–Crippen LogP) is 0.929. The molecule has 0 aliphatic rings. The number of pyridine rings is 1. The summed E-state index contributed by atoms with van der Waals surface area (Å²) in [6.45, 7) is 1.93. The van der Waals surface area contributed by atoms with Gasteiger partial charge in [-0.05, 0) is 29.3 Å². The molecule has 16 heteroatoms. The number of H-pyrrole nitrogens is 1. The van der Waals surface area contributed by atoms with Gasteiger partial charge in [-0.3, -0.25) is 14.9 Å². The quantitative estimate of drug-likeness (QED) is 0.118. The molecule has 1 aromatic carbocycles. The first-order chi connectivity index (χ1) is 17.3. The van der Waals surface area contributed by atoms with Crippen LogP contribution in [0.5, 0.6) is 0 Å². The summed E-state index contributed by atoms with van der Waals surface area (Å²) in [6, 6.07) is 10.7. The van der Waals surface area contributed by atoms with Crippen molar-refractivity contribution in [3.63, 3.8) is 0 Å². The number of aliphatic carboxylic acids is 1. The molecule has 37 heavy (non-hydrogen) atoms. The smallest absolute Gasteiger partial charge is 0.475 e. The highest BCUT2D eigenvalue weighted by molar-refractivity contribution is 5.87. The lowest BCUT2D eigenvalue weighted by Gasteiger charge is -2.12. The van der Waals surface area contributed by atoms with Crippen molar-refractivity contribution in [2.45, 2.75) is 26.1 Å². The van der Waals surface area contributed by atoms with Crippen molar-refractivity contribution in [3.8, 4) is 0 Å². The van der Waals surface area contributed by atoms with Crippen LogP contribution in [0.25, 0.3) is 0 Å². The Morgan fingerprint density at radius 1 is 1.16 bits per heavy atom. The summed E-state index contributed by atoms with van der Waals surface area (Å²) in [5.74, 6) is -3.36. The van der Waals surface area contributed by atoms with Gasteiger partial charge in [0.2, 0.25) is 11.9 Å². The maximum absolute atomic E-state index is 12.3. The molecular weight excluding hydrogens is 505 g/mol. The lowest BCUT2D eigenvalue weighted by Crippen LogP contribution is -2.30. The number of hydrogen-bond acceptors (Lipinski definition) is 7. The molecule has 8 N–H and O–H groups in total. The van der Waals surface area contributed by atoms with Gasteiger partial charge >= 0.3 is 18.2 Å². The van der Waals surface area contributed by atoms with Gasteiger partial charge in [-0.25, -0.2) is 9.59 Å². The minimum Gasteiger partial charge on any atom is -0.475 e. The van der Waals surface area contributed by atoms with Crippen LogP contribution in [0.1, 0.15) is 16.8 Å². The van der Waals surface area contributed by atoms with Crippen LogP contribution in [-0.4, -0.2) is 53.3 Å². The Bertz CT molecular complexity index is 1150. The fourth-order valence-electron chi connectivity index (χ4n) is 2.49. The second-order valence-corrected chi connectivity index (χ2v) is 7.05. The molecule has 0 radical (unpaired) electrons. The summed E-state index contributed by atoms with van der Waals surface area (Å²) in [6.07, 6.45) is -6.03. The summed E-state index contributed by atoms with van der Waals surface area (Å²) in [7, 11) is 0. The number of nitrogens with one attached hydrogen (secondary N) is 3. The Labute approximate surface area is 207 Å². The van der Waals surface area contributed by atoms with Crippen LogP contribution < -0.4 is 27.7 Å². The van der Waals surface area contributed by atoms with Crippen molar-refractivity contribution < 1.29 is 42.2 Å². The number of guanidine groups is 1. The number of oxime groups is 1. The summed E-state index contributed by atoms with van der Waals surface area (Å²) >= 11 is 0. The second-order valence-electron chi connectivity index (χ2n) is 7.05. The number of benzene rings is 1. The number of rotatable bonds is 9. The summed E-state index contributed by atoms with van der Waals surface area (Å²) in [4.78, 5) is 52.8. The molecule has 0 aliphatic heterocycles. The predicted molar refractivity (Wildman–Crippen MR) is 124 cm³/mol. The number of hydrogen-bond donors (Lipinski definition) is 6. The van der Waals surface area contributed by atoms with Crippen molar-refractivity contribution >= 4 is 29.6 Å². The molecule has 2 amide bonds. The molecule has 1 aromatic heterocycles. The first-order valence-corrected chi connectivity index (χ1v) is 10.3. The van der Waals surface area contributed by atoms with Crippen molar-refractivity contribution in [1.29, 1.82) is 0 Å². The summed E-state index contributed by atoms with van der Waals surface area (Å²) < 4.78 is 36.9. The van der Waals surface area contributed by atoms with Crippen LogP contribution in [-0.2, 0) is 32.2 Å². The maximum atomic E-state index is 12.3. The van der Waals surface area contributed by atoms with E-state index in [4.69, 9.17) is 30.9 Å². The van der Waals surface area contributed by atoms with Gasteiger partial charge in [0, 0.05) is 5.69 Å². The number of nitrogens with two attached hydrogens (primary N) is 2. The monoisotopic (exact) mass is 530 g/mol. The number of aromatic nitrogens is 1. The molecule has 2 aromatic rings. The Morgan fingerprint density at radius 3 is 2.35 bits per heavy atom. The van der Waals surface area contributed by atoms with Gasteiger partial charge in [0.25, 0.3) is 5.56 Å². The first-order valence-electron chi connectivity index (χ1n) is 10.3. The number of anilines is 1. The van der Waals surface area contributed by atoms with E-state index in [2.05, 4.69) is 20.8 Å². The fourth-order valence-corrected chi connectivity index (χ4v) is 2.49. The lowest BCUT2D eigenvalue weighted by molar-refractivity contribution is -0.192. The minimum absolute atomic E-state index is 0.0437. The van der Waals surface area contributed by atoms with E-state index < -0.39 is 23.8 Å². The maximum Gasteiger partial charge on any atom is 0.490 e.